The topological polar surface area (TPSA) is 40.1 Å². The quantitative estimate of drug-likeness (QED) is 0.653. The van der Waals surface area contributed by atoms with E-state index in [-0.39, 0.29) is 0 Å². The maximum atomic E-state index is 10.4. The lowest BCUT2D eigenvalue weighted by atomic mass is 9.87. The molecule has 64 valence electrons. The summed E-state index contributed by atoms with van der Waals surface area (Å²) in [7, 11) is 0. The van der Waals surface area contributed by atoms with E-state index in [2.05, 4.69) is 15.9 Å². The monoisotopic (exact) mass is 219 g/mol. The van der Waals surface area contributed by atoms with Crippen LogP contribution >= 0.6 is 15.9 Å². The van der Waals surface area contributed by atoms with Crippen molar-refractivity contribution in [3.63, 3.8) is 0 Å². The predicted octanol–water partition coefficient (Wildman–Crippen LogP) is 1.08. The van der Waals surface area contributed by atoms with Gasteiger partial charge in [-0.15, -0.1) is 0 Å². The molecule has 1 unspecified atom stereocenters. The fraction of sp³-hybridized carbons (Fsp3) is 0.875. The molecular formula is C8H12BrO2-. The van der Waals surface area contributed by atoms with Crippen LogP contribution in [0.1, 0.15) is 32.1 Å². The average Bonchev–Trinajstić information content (AvgIpc) is 2.05. The van der Waals surface area contributed by atoms with Gasteiger partial charge in [0.1, 0.15) is 0 Å². The van der Waals surface area contributed by atoms with Crippen LogP contribution in [-0.2, 0) is 4.79 Å². The Kier molecular flexibility index (Phi) is 3.37. The first-order valence-electron chi connectivity index (χ1n) is 4.06. The Morgan fingerprint density at radius 2 is 1.91 bits per heavy atom. The maximum absolute atomic E-state index is 10.4. The second-order valence-electron chi connectivity index (χ2n) is 3.12. The van der Waals surface area contributed by atoms with Gasteiger partial charge in [0.2, 0.25) is 0 Å². The SMILES string of the molecule is O=C([O-])C(Br)C1CCCCC1. The lowest BCUT2D eigenvalue weighted by molar-refractivity contribution is -0.305. The maximum Gasteiger partial charge on any atom is 0.0569 e. The highest BCUT2D eigenvalue weighted by Gasteiger charge is 2.21. The molecule has 0 aromatic rings. The van der Waals surface area contributed by atoms with E-state index in [0.29, 0.717) is 5.92 Å². The standard InChI is InChI=1S/C8H13BrO2/c9-7(8(10)11)6-4-2-1-3-5-6/h6-7H,1-5H2,(H,10,11)/p-1. The van der Waals surface area contributed by atoms with Gasteiger partial charge in [0, 0.05) is 0 Å². The zero-order chi connectivity index (χ0) is 8.27. The minimum atomic E-state index is -0.961. The predicted molar refractivity (Wildman–Crippen MR) is 44.3 cm³/mol. The Hall–Kier alpha value is -0.0500. The van der Waals surface area contributed by atoms with E-state index in [1.165, 1.54) is 19.3 Å². The van der Waals surface area contributed by atoms with Crippen molar-refractivity contribution in [3.8, 4) is 0 Å². The number of carbonyl (C=O) groups excluding carboxylic acids is 1. The van der Waals surface area contributed by atoms with Crippen LogP contribution in [0.15, 0.2) is 0 Å². The number of aliphatic carboxylic acids is 1. The van der Waals surface area contributed by atoms with Crippen LogP contribution in [0.2, 0.25) is 0 Å². The molecule has 2 nitrogen and oxygen atoms in total. The molecule has 0 saturated heterocycles. The normalized spacial score (nSPS) is 23.0. The first-order chi connectivity index (χ1) is 5.22. The van der Waals surface area contributed by atoms with Gasteiger partial charge in [-0.25, -0.2) is 0 Å². The first-order valence-corrected chi connectivity index (χ1v) is 4.98. The van der Waals surface area contributed by atoms with Crippen LogP contribution in [0.4, 0.5) is 0 Å². The summed E-state index contributed by atoms with van der Waals surface area (Å²) in [5, 5.41) is 10.4. The second kappa shape index (κ2) is 4.10. The molecule has 1 aliphatic rings. The second-order valence-corrected chi connectivity index (χ2v) is 4.11. The third-order valence-corrected chi connectivity index (χ3v) is 3.41. The summed E-state index contributed by atoms with van der Waals surface area (Å²) in [6, 6.07) is 0. The summed E-state index contributed by atoms with van der Waals surface area (Å²) < 4.78 is 0. The third-order valence-electron chi connectivity index (χ3n) is 2.29. The van der Waals surface area contributed by atoms with Gasteiger partial charge in [0.15, 0.2) is 0 Å². The molecule has 11 heavy (non-hydrogen) atoms. The Bertz CT molecular complexity index is 141. The Morgan fingerprint density at radius 3 is 2.36 bits per heavy atom. The van der Waals surface area contributed by atoms with Gasteiger partial charge in [-0.05, 0) is 18.8 Å². The molecule has 0 aliphatic heterocycles. The van der Waals surface area contributed by atoms with Gasteiger partial charge in [0.05, 0.1) is 10.8 Å². The number of alkyl halides is 1. The molecule has 0 heterocycles. The lowest BCUT2D eigenvalue weighted by Gasteiger charge is -2.26. The highest BCUT2D eigenvalue weighted by Crippen LogP contribution is 2.29. The number of carboxylic acids is 1. The molecule has 3 heteroatoms. The highest BCUT2D eigenvalue weighted by molar-refractivity contribution is 9.10. The van der Waals surface area contributed by atoms with Crippen molar-refractivity contribution >= 4 is 21.9 Å². The number of hydrogen-bond donors (Lipinski definition) is 0. The van der Waals surface area contributed by atoms with Gasteiger partial charge < -0.3 is 9.90 Å². The fourth-order valence-corrected chi connectivity index (χ4v) is 2.15. The van der Waals surface area contributed by atoms with Crippen molar-refractivity contribution in [2.24, 2.45) is 5.92 Å². The molecule has 1 aliphatic carbocycles. The van der Waals surface area contributed by atoms with Crippen LogP contribution in [0.5, 0.6) is 0 Å². The molecule has 0 aromatic carbocycles. The van der Waals surface area contributed by atoms with Crippen molar-refractivity contribution in [3.05, 3.63) is 0 Å². The van der Waals surface area contributed by atoms with Crippen molar-refractivity contribution in [1.82, 2.24) is 0 Å². The lowest BCUT2D eigenvalue weighted by Crippen LogP contribution is -2.37. The van der Waals surface area contributed by atoms with Gasteiger partial charge in [0.25, 0.3) is 0 Å². The average molecular weight is 220 g/mol. The van der Waals surface area contributed by atoms with Crippen molar-refractivity contribution < 1.29 is 9.90 Å². The van der Waals surface area contributed by atoms with Crippen LogP contribution in [0.25, 0.3) is 0 Å². The van der Waals surface area contributed by atoms with Crippen LogP contribution in [-0.4, -0.2) is 10.8 Å². The molecular weight excluding hydrogens is 208 g/mol. The fourth-order valence-electron chi connectivity index (χ4n) is 1.62. The molecule has 1 fully saturated rings. The van der Waals surface area contributed by atoms with Crippen molar-refractivity contribution in [2.45, 2.75) is 36.9 Å². The van der Waals surface area contributed by atoms with E-state index < -0.39 is 10.8 Å². The van der Waals surface area contributed by atoms with E-state index in [0.717, 1.165) is 12.8 Å². The number of hydrogen-bond acceptors (Lipinski definition) is 2. The summed E-state index contributed by atoms with van der Waals surface area (Å²) >= 11 is 3.14. The van der Waals surface area contributed by atoms with Crippen LogP contribution in [0.3, 0.4) is 0 Å². The van der Waals surface area contributed by atoms with Gasteiger partial charge in [-0.1, -0.05) is 35.2 Å². The van der Waals surface area contributed by atoms with Crippen molar-refractivity contribution in [1.29, 1.82) is 0 Å². The Labute approximate surface area is 75.1 Å². The van der Waals surface area contributed by atoms with Gasteiger partial charge in [-0.3, -0.25) is 0 Å². The van der Waals surface area contributed by atoms with E-state index >= 15 is 0 Å². The molecule has 0 bridgehead atoms. The molecule has 1 rings (SSSR count). The van der Waals surface area contributed by atoms with E-state index in [1.54, 1.807) is 0 Å². The van der Waals surface area contributed by atoms with Crippen LogP contribution in [0, 0.1) is 5.92 Å². The largest absolute Gasteiger partial charge is 0.549 e. The zero-order valence-corrected chi connectivity index (χ0v) is 7.97. The van der Waals surface area contributed by atoms with E-state index in [4.69, 9.17) is 0 Å². The minimum Gasteiger partial charge on any atom is -0.549 e. The Morgan fingerprint density at radius 1 is 1.36 bits per heavy atom. The summed E-state index contributed by atoms with van der Waals surface area (Å²) in [4.78, 5) is 10.0. The number of halogens is 1. The third kappa shape index (κ3) is 2.47. The summed E-state index contributed by atoms with van der Waals surface area (Å²) in [6.45, 7) is 0. The summed E-state index contributed by atoms with van der Waals surface area (Å²) in [5.41, 5.74) is 0. The summed E-state index contributed by atoms with van der Waals surface area (Å²) in [6.07, 6.45) is 5.65. The number of carboxylic acid groups (broad SMARTS) is 1. The molecule has 0 aromatic heterocycles. The number of rotatable bonds is 2. The van der Waals surface area contributed by atoms with E-state index in [9.17, 15) is 9.90 Å². The molecule has 0 N–H and O–H groups in total. The molecule has 0 amide bonds. The smallest absolute Gasteiger partial charge is 0.0569 e. The van der Waals surface area contributed by atoms with Crippen molar-refractivity contribution in [2.75, 3.05) is 0 Å². The molecule has 1 atom stereocenters. The van der Waals surface area contributed by atoms with Gasteiger partial charge in [-0.2, -0.15) is 0 Å². The van der Waals surface area contributed by atoms with E-state index in [1.807, 2.05) is 0 Å². The molecule has 0 spiro atoms. The zero-order valence-electron chi connectivity index (χ0n) is 6.38. The highest BCUT2D eigenvalue weighted by atomic mass is 79.9. The van der Waals surface area contributed by atoms with Crippen LogP contribution < -0.4 is 5.11 Å². The summed E-state index contributed by atoms with van der Waals surface area (Å²) in [5.74, 6) is -0.661. The minimum absolute atomic E-state index is 0.300. The molecule has 0 radical (unpaired) electrons. The Balaban J connectivity index is 2.38. The first kappa shape index (κ1) is 9.04. The van der Waals surface area contributed by atoms with Gasteiger partial charge >= 0.3 is 0 Å². The molecule has 1 saturated carbocycles. The number of carbonyl (C=O) groups is 1.